The number of piperazine rings is 1. The van der Waals surface area contributed by atoms with Gasteiger partial charge < -0.3 is 14.2 Å². The molecule has 0 amide bonds. The van der Waals surface area contributed by atoms with E-state index in [1.807, 2.05) is 36.5 Å². The largest absolute Gasteiger partial charge is 0.403 e. The number of pyridine rings is 1. The molecule has 0 atom stereocenters. The quantitative estimate of drug-likeness (QED) is 0.739. The first-order chi connectivity index (χ1) is 11.8. The minimum absolute atomic E-state index is 0.570. The molecule has 6 nitrogen and oxygen atoms in total. The average Bonchev–Trinajstić information content (AvgIpc) is 3.13. The molecule has 24 heavy (non-hydrogen) atoms. The van der Waals surface area contributed by atoms with Crippen molar-refractivity contribution in [3.8, 4) is 11.5 Å². The number of hydrogen-bond donors (Lipinski definition) is 0. The molecule has 0 saturated carbocycles. The molecule has 122 valence electrons. The van der Waals surface area contributed by atoms with Crippen LogP contribution in [-0.4, -0.2) is 41.4 Å². The maximum absolute atomic E-state index is 5.87. The highest BCUT2D eigenvalue weighted by molar-refractivity contribution is 5.54. The van der Waals surface area contributed by atoms with E-state index < -0.39 is 0 Å². The zero-order valence-electron chi connectivity index (χ0n) is 13.6. The lowest BCUT2D eigenvalue weighted by Gasteiger charge is -2.34. The van der Waals surface area contributed by atoms with Gasteiger partial charge in [-0.3, -0.25) is 0 Å². The lowest BCUT2D eigenvalue weighted by molar-refractivity contribution is 0.523. The van der Waals surface area contributed by atoms with Crippen molar-refractivity contribution in [3.05, 3.63) is 54.2 Å². The Kier molecular flexibility index (Phi) is 3.86. The third kappa shape index (κ3) is 2.95. The van der Waals surface area contributed by atoms with Crippen LogP contribution in [-0.2, 0) is 0 Å². The summed E-state index contributed by atoms with van der Waals surface area (Å²) in [6.45, 7) is 5.51. The van der Waals surface area contributed by atoms with Gasteiger partial charge in [0.15, 0.2) is 0 Å². The predicted molar refractivity (Wildman–Crippen MR) is 93.1 cm³/mol. The van der Waals surface area contributed by atoms with E-state index >= 15 is 0 Å². The second-order valence-corrected chi connectivity index (χ2v) is 5.92. The highest BCUT2D eigenvalue weighted by Crippen LogP contribution is 2.24. The zero-order valence-corrected chi connectivity index (χ0v) is 13.6. The molecule has 0 aliphatic carbocycles. The Balaban J connectivity index is 1.45. The topological polar surface area (TPSA) is 58.3 Å². The van der Waals surface area contributed by atoms with Gasteiger partial charge in [0.25, 0.3) is 0 Å². The van der Waals surface area contributed by atoms with Gasteiger partial charge in [-0.05, 0) is 31.2 Å². The monoisotopic (exact) mass is 321 g/mol. The minimum atomic E-state index is 0.570. The summed E-state index contributed by atoms with van der Waals surface area (Å²) in [5.74, 6) is 1.59. The molecule has 4 rings (SSSR count). The van der Waals surface area contributed by atoms with E-state index in [0.717, 1.165) is 37.6 Å². The zero-order chi connectivity index (χ0) is 16.4. The van der Waals surface area contributed by atoms with Gasteiger partial charge in [0, 0.05) is 37.9 Å². The van der Waals surface area contributed by atoms with E-state index in [0.29, 0.717) is 11.9 Å². The summed E-state index contributed by atoms with van der Waals surface area (Å²) >= 11 is 0. The van der Waals surface area contributed by atoms with Crippen molar-refractivity contribution in [2.45, 2.75) is 6.92 Å². The Bertz CT molecular complexity index is 809. The van der Waals surface area contributed by atoms with Crippen molar-refractivity contribution in [1.29, 1.82) is 0 Å². The molecule has 3 aromatic rings. The first-order valence-corrected chi connectivity index (χ1v) is 8.11. The number of aryl methyl sites for hydroxylation is 1. The minimum Gasteiger partial charge on any atom is -0.403 e. The number of anilines is 2. The molecule has 1 aliphatic heterocycles. The molecule has 0 spiro atoms. The predicted octanol–water partition coefficient (Wildman–Crippen LogP) is 2.77. The van der Waals surface area contributed by atoms with Crippen LogP contribution in [0.2, 0.25) is 0 Å². The van der Waals surface area contributed by atoms with Gasteiger partial charge in [-0.25, -0.2) is 4.98 Å². The highest BCUT2D eigenvalue weighted by Gasteiger charge is 2.22. The number of nitrogens with zero attached hydrogens (tertiary/aromatic N) is 5. The Morgan fingerprint density at radius 1 is 0.917 bits per heavy atom. The highest BCUT2D eigenvalue weighted by atomic mass is 16.4. The van der Waals surface area contributed by atoms with Gasteiger partial charge in [0.2, 0.25) is 5.89 Å². The van der Waals surface area contributed by atoms with Gasteiger partial charge in [-0.15, -0.1) is 5.10 Å². The smallest absolute Gasteiger partial charge is 0.318 e. The summed E-state index contributed by atoms with van der Waals surface area (Å²) in [5.41, 5.74) is 2.14. The van der Waals surface area contributed by atoms with E-state index in [2.05, 4.69) is 44.0 Å². The first-order valence-electron chi connectivity index (χ1n) is 8.11. The van der Waals surface area contributed by atoms with E-state index in [4.69, 9.17) is 4.42 Å². The average molecular weight is 321 g/mol. The molecule has 6 heteroatoms. The second kappa shape index (κ2) is 6.31. The summed E-state index contributed by atoms with van der Waals surface area (Å²) in [6.07, 6.45) is 1.83. The number of benzene rings is 1. The third-order valence-electron chi connectivity index (χ3n) is 4.20. The Hall–Kier alpha value is -2.89. The Labute approximate surface area is 140 Å². The first kappa shape index (κ1) is 14.7. The van der Waals surface area contributed by atoms with Crippen molar-refractivity contribution in [1.82, 2.24) is 15.2 Å². The molecular formula is C18H19N5O. The Morgan fingerprint density at radius 3 is 2.50 bits per heavy atom. The van der Waals surface area contributed by atoms with E-state index in [1.54, 1.807) is 0 Å². The molecule has 0 bridgehead atoms. The van der Waals surface area contributed by atoms with Crippen LogP contribution in [0, 0.1) is 6.92 Å². The van der Waals surface area contributed by atoms with Gasteiger partial charge in [0.1, 0.15) is 5.82 Å². The maximum Gasteiger partial charge on any atom is 0.318 e. The summed E-state index contributed by atoms with van der Waals surface area (Å²) in [5, 5.41) is 8.41. The van der Waals surface area contributed by atoms with Crippen molar-refractivity contribution >= 4 is 11.8 Å². The third-order valence-corrected chi connectivity index (χ3v) is 4.20. The number of aromatic nitrogens is 3. The van der Waals surface area contributed by atoms with Gasteiger partial charge in [0.05, 0.1) is 0 Å². The lowest BCUT2D eigenvalue weighted by Crippen LogP contribution is -2.47. The van der Waals surface area contributed by atoms with Crippen molar-refractivity contribution < 1.29 is 4.42 Å². The van der Waals surface area contributed by atoms with Crippen LogP contribution in [0.15, 0.2) is 53.1 Å². The van der Waals surface area contributed by atoms with Crippen LogP contribution in [0.25, 0.3) is 11.5 Å². The molecule has 1 aliphatic rings. The van der Waals surface area contributed by atoms with Crippen LogP contribution >= 0.6 is 0 Å². The molecule has 1 aromatic carbocycles. The standard InChI is InChI=1S/C18H19N5O/c1-14-5-4-6-15(13-14)17-20-21-18(24-17)23-11-9-22(10-12-23)16-7-2-3-8-19-16/h2-8,13H,9-12H2,1H3. The van der Waals surface area contributed by atoms with Crippen molar-refractivity contribution in [3.63, 3.8) is 0 Å². The second-order valence-electron chi connectivity index (χ2n) is 5.92. The molecule has 0 radical (unpaired) electrons. The van der Waals surface area contributed by atoms with Crippen LogP contribution in [0.3, 0.4) is 0 Å². The summed E-state index contributed by atoms with van der Waals surface area (Å²) in [6, 6.07) is 14.7. The summed E-state index contributed by atoms with van der Waals surface area (Å²) in [7, 11) is 0. The van der Waals surface area contributed by atoms with Gasteiger partial charge in [-0.1, -0.05) is 28.9 Å². The van der Waals surface area contributed by atoms with Crippen LogP contribution < -0.4 is 9.80 Å². The van der Waals surface area contributed by atoms with Crippen LogP contribution in [0.1, 0.15) is 5.56 Å². The van der Waals surface area contributed by atoms with E-state index in [-0.39, 0.29) is 0 Å². The number of hydrogen-bond acceptors (Lipinski definition) is 6. The fourth-order valence-electron chi connectivity index (χ4n) is 2.91. The molecule has 3 heterocycles. The van der Waals surface area contributed by atoms with Gasteiger partial charge >= 0.3 is 6.01 Å². The van der Waals surface area contributed by atoms with Crippen molar-refractivity contribution in [2.24, 2.45) is 0 Å². The van der Waals surface area contributed by atoms with Crippen molar-refractivity contribution in [2.75, 3.05) is 36.0 Å². The van der Waals surface area contributed by atoms with E-state index in [9.17, 15) is 0 Å². The Morgan fingerprint density at radius 2 is 1.75 bits per heavy atom. The lowest BCUT2D eigenvalue weighted by atomic mass is 10.1. The molecule has 1 fully saturated rings. The normalized spacial score (nSPS) is 14.9. The molecular weight excluding hydrogens is 302 g/mol. The van der Waals surface area contributed by atoms with Crippen LogP contribution in [0.5, 0.6) is 0 Å². The molecule has 0 N–H and O–H groups in total. The molecule has 0 unspecified atom stereocenters. The van der Waals surface area contributed by atoms with Crippen LogP contribution in [0.4, 0.5) is 11.8 Å². The fraction of sp³-hybridized carbons (Fsp3) is 0.278. The molecule has 2 aromatic heterocycles. The molecule has 1 saturated heterocycles. The SMILES string of the molecule is Cc1cccc(-c2nnc(N3CCN(c4ccccn4)CC3)o2)c1. The summed E-state index contributed by atoms with van der Waals surface area (Å²) in [4.78, 5) is 8.81. The maximum atomic E-state index is 5.87. The van der Waals surface area contributed by atoms with E-state index in [1.165, 1.54) is 5.56 Å². The number of rotatable bonds is 3. The summed E-state index contributed by atoms with van der Waals surface area (Å²) < 4.78 is 5.87. The fourth-order valence-corrected chi connectivity index (χ4v) is 2.91. The van der Waals surface area contributed by atoms with Gasteiger partial charge in [-0.2, -0.15) is 0 Å².